The van der Waals surface area contributed by atoms with E-state index in [1.54, 1.807) is 60.8 Å². The fourth-order valence-electron chi connectivity index (χ4n) is 10.3. The number of hydrogen-bond acceptors (Lipinski definition) is 14. The molecule has 0 amide bonds. The molecule has 3 atom stereocenters. The maximum Gasteiger partial charge on any atom is 0.500 e. The summed E-state index contributed by atoms with van der Waals surface area (Å²) in [5, 5.41) is 0. The summed E-state index contributed by atoms with van der Waals surface area (Å²) in [6.45, 7) is 44.4. The van der Waals surface area contributed by atoms with Gasteiger partial charge in [-0.15, -0.1) is 0 Å². The maximum absolute atomic E-state index is 14.9. The summed E-state index contributed by atoms with van der Waals surface area (Å²) in [4.78, 5) is 0. The predicted molar refractivity (Wildman–Crippen MR) is 344 cm³/mol. The fourth-order valence-corrected chi connectivity index (χ4v) is 57.8. The van der Waals surface area contributed by atoms with Crippen molar-refractivity contribution in [1.29, 1.82) is 0 Å². The molecule has 91 heavy (non-hydrogen) atoms. The Hall–Kier alpha value is 0.489. The van der Waals surface area contributed by atoms with Gasteiger partial charge in [-0.1, -0.05) is 0 Å². The number of alkyl halides is 14. The van der Waals surface area contributed by atoms with Crippen molar-refractivity contribution in [3.63, 3.8) is 0 Å². The Bertz CT molecular complexity index is 1910. The summed E-state index contributed by atoms with van der Waals surface area (Å²) in [6, 6.07) is 2.76. The van der Waals surface area contributed by atoms with E-state index in [4.69, 9.17) is 69.9 Å². The first kappa shape index (κ1) is 95.7. The average molecular weight is 1530 g/mol. The van der Waals surface area contributed by atoms with E-state index in [0.29, 0.717) is 70.4 Å². The quantitative estimate of drug-likeness (QED) is 0.0423. The molecule has 0 aliphatic carbocycles. The van der Waals surface area contributed by atoms with Crippen LogP contribution in [0.3, 0.4) is 0 Å². The van der Waals surface area contributed by atoms with E-state index in [-0.39, 0.29) is 38.0 Å². The first-order chi connectivity index (χ1) is 41.3. The molecule has 0 heterocycles. The fraction of sp³-hybridized carbons (Fsp3) is 1.00. The molecule has 0 aromatic rings. The highest BCUT2D eigenvalue weighted by atomic mass is 28.5. The van der Waals surface area contributed by atoms with Gasteiger partial charge in [-0.2, -0.15) is 52.7 Å². The summed E-state index contributed by atoms with van der Waals surface area (Å²) in [5.41, 5.74) is 0. The molecule has 0 aromatic heterocycles. The Morgan fingerprint density at radius 3 is 0.758 bits per heavy atom. The molecule has 0 aliphatic rings. The monoisotopic (exact) mass is 1530 g/mol. The molecule has 0 saturated carbocycles. The van der Waals surface area contributed by atoms with Crippen LogP contribution in [0.25, 0.3) is 0 Å². The highest BCUT2D eigenvalue weighted by molar-refractivity contribution is 6.90. The van der Waals surface area contributed by atoms with Gasteiger partial charge >= 0.3 is 88.4 Å². The third-order valence-electron chi connectivity index (χ3n) is 14.1. The molecule has 40 heteroatoms. The molecular weight excluding hydrogens is 1420 g/mol. The van der Waals surface area contributed by atoms with Gasteiger partial charge in [-0.3, -0.25) is 0 Å². The molecule has 0 fully saturated rings. The lowest BCUT2D eigenvalue weighted by atomic mass is 9.89. The van der Waals surface area contributed by atoms with Gasteiger partial charge in [0.05, 0.1) is 0 Å². The molecule has 0 saturated heterocycles. The molecule has 3 unspecified atom stereocenters. The predicted octanol–water partition coefficient (Wildman–Crippen LogP) is 18.9. The van der Waals surface area contributed by atoms with Crippen LogP contribution in [0.5, 0.6) is 0 Å². The summed E-state index contributed by atoms with van der Waals surface area (Å²) < 4.78 is 296. The average Bonchev–Trinajstić information content (AvgIpc) is 0.741. The van der Waals surface area contributed by atoms with E-state index in [1.165, 1.54) is 6.55 Å². The van der Waals surface area contributed by atoms with Crippen molar-refractivity contribution in [3.8, 4) is 0 Å². The van der Waals surface area contributed by atoms with Crippen molar-refractivity contribution in [2.75, 3.05) is 66.1 Å². The van der Waals surface area contributed by atoms with Crippen LogP contribution < -0.4 is 0 Å². The first-order valence-electron chi connectivity index (χ1n) is 31.1. The normalized spacial score (nSPS) is 15.9. The molecular formula is C51H112F16O14Si10. The smallest absolute Gasteiger partial charge is 0.436 e. The van der Waals surface area contributed by atoms with Crippen LogP contribution >= 0.6 is 0 Å². The van der Waals surface area contributed by atoms with Crippen molar-refractivity contribution in [3.05, 3.63) is 0 Å². The zero-order valence-electron chi connectivity index (χ0n) is 58.0. The Labute approximate surface area is 543 Å². The Morgan fingerprint density at radius 2 is 0.538 bits per heavy atom. The molecule has 0 bridgehead atoms. The van der Waals surface area contributed by atoms with Crippen LogP contribution in [0.4, 0.5) is 70.6 Å². The summed E-state index contributed by atoms with van der Waals surface area (Å²) >= 11 is 0. The zero-order chi connectivity index (χ0) is 72.1. The van der Waals surface area contributed by atoms with E-state index >= 15 is 0 Å². The highest BCUT2D eigenvalue weighted by Gasteiger charge is 2.80. The second-order valence-corrected chi connectivity index (χ2v) is 61.6. The van der Waals surface area contributed by atoms with Gasteiger partial charge in [0.25, 0.3) is 0 Å². The van der Waals surface area contributed by atoms with Gasteiger partial charge < -0.3 is 60.7 Å². The summed E-state index contributed by atoms with van der Waals surface area (Å²) in [5.74, 6) is -24.9. The summed E-state index contributed by atoms with van der Waals surface area (Å²) in [6.07, 6.45) is -18.6. The van der Waals surface area contributed by atoms with Crippen molar-refractivity contribution >= 4 is 85.1 Å². The lowest BCUT2D eigenvalue weighted by molar-refractivity contribution is -0.374. The lowest BCUT2D eigenvalue weighted by Gasteiger charge is -2.43. The van der Waals surface area contributed by atoms with Crippen LogP contribution in [-0.4, -0.2) is 188 Å². The molecule has 552 valence electrons. The summed E-state index contributed by atoms with van der Waals surface area (Å²) in [7, 11) is -29.5. The molecule has 0 aromatic carbocycles. The maximum atomic E-state index is 14.9. The van der Waals surface area contributed by atoms with E-state index in [0.717, 1.165) is 12.1 Å². The SMILES string of the molecule is CCO[Si](C)(CC[Si](C)(C)O[Si](C)(CCC(C(F)(F)F)C(F)(F)C(F)(F)C(F)(F)C(F)F)O[Si](C)(C)CC[Si](OCC)(OCC)OCC)OCC.CCO[Si](C)(CC[Si](C)(C)O[Si](C)(CCC(F)(F)F)O[Si](C)(C)CC[Si](OCC)(OCC)OCC)OCC.FF. The van der Waals surface area contributed by atoms with Gasteiger partial charge in [0.15, 0.2) is 33.3 Å². The minimum atomic E-state index is -7.05. The van der Waals surface area contributed by atoms with Gasteiger partial charge in [0.1, 0.15) is 5.92 Å². The standard InChI is InChI=1S/C28H57F11O7Si5.C23H55F3O7Si5.F2/c1-12-40-49(10,41-13-2)21-19-47(6,7)45-50(11,46-48(8,9)20-22-51(42-14-3,43-15-4)44-16-5)18-17-23(27(35,36)37)25(31,32)28(38,39)26(33,34)24(29)30;1-12-27-36(10,28-13-2)21-19-34(6,7)32-37(11,18-17-23(24,25)26)33-35(8,9)20-22-38(29-14-3,30-15-4)31-16-5;1-2/h23-24H,12-22H2,1-11H3;12-22H2,1-11H3;. The van der Waals surface area contributed by atoms with Crippen LogP contribution in [0.2, 0.25) is 139 Å². The van der Waals surface area contributed by atoms with Gasteiger partial charge in [0.2, 0.25) is 0 Å². The topological polar surface area (TPSA) is 129 Å². The Balaban J connectivity index is -0.00000172. The third kappa shape index (κ3) is 35.4. The van der Waals surface area contributed by atoms with Crippen LogP contribution in [0.15, 0.2) is 0 Å². The van der Waals surface area contributed by atoms with Gasteiger partial charge in [0, 0.05) is 93.7 Å². The van der Waals surface area contributed by atoms with Gasteiger partial charge in [-0.25, -0.2) is 8.78 Å². The second kappa shape index (κ2) is 41.3. The first-order valence-corrected chi connectivity index (χ1v) is 57.6. The van der Waals surface area contributed by atoms with Gasteiger partial charge in [-0.05, 0) is 203 Å². The lowest BCUT2D eigenvalue weighted by Crippen LogP contribution is -2.63. The number of hydrogen-bond donors (Lipinski definition) is 0. The second-order valence-electron chi connectivity index (χ2n) is 24.5. The van der Waals surface area contributed by atoms with E-state index in [2.05, 4.69) is 13.1 Å². The van der Waals surface area contributed by atoms with Crippen LogP contribution in [0.1, 0.15) is 82.1 Å². The third-order valence-corrected chi connectivity index (χ3v) is 52.0. The Morgan fingerprint density at radius 1 is 0.297 bits per heavy atom. The van der Waals surface area contributed by atoms with E-state index < -0.39 is 146 Å². The molecule has 14 nitrogen and oxygen atoms in total. The molecule has 0 aliphatic heterocycles. The van der Waals surface area contributed by atoms with E-state index in [9.17, 15) is 61.5 Å². The van der Waals surface area contributed by atoms with Crippen LogP contribution in [0, 0.1) is 5.92 Å². The van der Waals surface area contributed by atoms with Crippen molar-refractivity contribution < 1.29 is 131 Å². The molecule has 0 rings (SSSR count). The number of halogens is 16. The van der Waals surface area contributed by atoms with Crippen molar-refractivity contribution in [2.45, 2.75) is 258 Å². The molecule has 0 N–H and O–H groups in total. The Kier molecular flexibility index (Phi) is 43.4. The minimum absolute atomic E-state index is 0.125. The largest absolute Gasteiger partial charge is 0.500 e. The zero-order valence-corrected chi connectivity index (χ0v) is 68.0. The van der Waals surface area contributed by atoms with Crippen molar-refractivity contribution in [1.82, 2.24) is 0 Å². The molecule has 0 radical (unpaired) electrons. The molecule has 0 spiro atoms. The van der Waals surface area contributed by atoms with E-state index in [1.807, 2.05) is 67.4 Å². The minimum Gasteiger partial charge on any atom is -0.436 e. The highest BCUT2D eigenvalue weighted by Crippen LogP contribution is 2.56. The van der Waals surface area contributed by atoms with Crippen molar-refractivity contribution in [2.24, 2.45) is 5.92 Å². The van der Waals surface area contributed by atoms with Crippen LogP contribution in [-0.2, 0) is 60.7 Å². The number of rotatable bonds is 49.